The molecule has 3 aromatic rings. The van der Waals surface area contributed by atoms with E-state index in [2.05, 4.69) is 26.2 Å². The number of nitrogens with zero attached hydrogens (tertiary/aromatic N) is 1. The van der Waals surface area contributed by atoms with Crippen LogP contribution in [0.25, 0.3) is 0 Å². The molecule has 1 amide bonds. The van der Waals surface area contributed by atoms with E-state index in [1.807, 2.05) is 43.3 Å². The molecule has 0 unspecified atom stereocenters. The maximum absolute atomic E-state index is 12.3. The molecule has 5 nitrogen and oxygen atoms in total. The van der Waals surface area contributed by atoms with E-state index in [4.69, 9.17) is 9.15 Å². The normalized spacial score (nSPS) is 11.8. The van der Waals surface area contributed by atoms with Crippen molar-refractivity contribution in [3.8, 4) is 5.75 Å². The first-order valence-corrected chi connectivity index (χ1v) is 8.59. The lowest BCUT2D eigenvalue weighted by Gasteiger charge is -2.12. The van der Waals surface area contributed by atoms with Crippen LogP contribution >= 0.6 is 15.9 Å². The molecule has 2 heterocycles. The minimum absolute atomic E-state index is 0.137. The fraction of sp³-hybridized carbons (Fsp3) is 0.158. The second kappa shape index (κ2) is 7.98. The van der Waals surface area contributed by atoms with Crippen molar-refractivity contribution in [1.29, 1.82) is 0 Å². The zero-order valence-electron chi connectivity index (χ0n) is 13.6. The summed E-state index contributed by atoms with van der Waals surface area (Å²) in [4.78, 5) is 16.3. The smallest absolute Gasteiger partial charge is 0.287 e. The molecule has 1 aromatic carbocycles. The summed E-state index contributed by atoms with van der Waals surface area (Å²) < 4.78 is 12.2. The minimum atomic E-state index is -0.266. The van der Waals surface area contributed by atoms with Gasteiger partial charge in [0.15, 0.2) is 5.76 Å². The maximum Gasteiger partial charge on any atom is 0.287 e. The predicted molar refractivity (Wildman–Crippen MR) is 97.3 cm³/mol. The third-order valence-corrected chi connectivity index (χ3v) is 4.11. The molecule has 6 heteroatoms. The Balaban J connectivity index is 1.58. The van der Waals surface area contributed by atoms with Crippen LogP contribution in [0, 0.1) is 0 Å². The van der Waals surface area contributed by atoms with Crippen LogP contribution in [-0.2, 0) is 6.61 Å². The Morgan fingerprint density at radius 1 is 1.24 bits per heavy atom. The largest absolute Gasteiger partial charge is 0.486 e. The molecule has 0 radical (unpaired) electrons. The van der Waals surface area contributed by atoms with Gasteiger partial charge in [-0.2, -0.15) is 0 Å². The number of furan rings is 1. The van der Waals surface area contributed by atoms with E-state index in [9.17, 15) is 4.79 Å². The van der Waals surface area contributed by atoms with Gasteiger partial charge in [0.1, 0.15) is 18.1 Å². The molecule has 0 saturated heterocycles. The van der Waals surface area contributed by atoms with E-state index in [-0.39, 0.29) is 24.3 Å². The monoisotopic (exact) mass is 400 g/mol. The summed E-state index contributed by atoms with van der Waals surface area (Å²) in [5, 5.41) is 2.90. The highest BCUT2D eigenvalue weighted by Crippen LogP contribution is 2.20. The number of hydrogen-bond acceptors (Lipinski definition) is 4. The number of rotatable bonds is 6. The van der Waals surface area contributed by atoms with Gasteiger partial charge in [-0.1, -0.05) is 22.0 Å². The summed E-state index contributed by atoms with van der Waals surface area (Å²) in [6, 6.07) is 14.5. The third kappa shape index (κ3) is 4.70. The highest BCUT2D eigenvalue weighted by molar-refractivity contribution is 9.10. The molecule has 128 valence electrons. The second-order valence-corrected chi connectivity index (χ2v) is 6.40. The average Bonchev–Trinajstić information content (AvgIpc) is 3.10. The van der Waals surface area contributed by atoms with Crippen molar-refractivity contribution in [2.45, 2.75) is 19.6 Å². The van der Waals surface area contributed by atoms with Crippen molar-refractivity contribution in [3.63, 3.8) is 0 Å². The van der Waals surface area contributed by atoms with Crippen LogP contribution in [0.4, 0.5) is 0 Å². The Kier molecular flexibility index (Phi) is 5.50. The average molecular weight is 401 g/mol. The first-order chi connectivity index (χ1) is 12.1. The fourth-order valence-electron chi connectivity index (χ4n) is 2.29. The summed E-state index contributed by atoms with van der Waals surface area (Å²) >= 11 is 3.39. The number of benzene rings is 1. The number of pyridine rings is 1. The van der Waals surface area contributed by atoms with Gasteiger partial charge in [0.2, 0.25) is 0 Å². The first kappa shape index (κ1) is 17.2. The van der Waals surface area contributed by atoms with Gasteiger partial charge in [-0.3, -0.25) is 9.78 Å². The lowest BCUT2D eigenvalue weighted by atomic mass is 10.1. The minimum Gasteiger partial charge on any atom is -0.486 e. The molecular weight excluding hydrogens is 384 g/mol. The molecule has 1 N–H and O–H groups in total. The lowest BCUT2D eigenvalue weighted by molar-refractivity contribution is 0.0907. The van der Waals surface area contributed by atoms with Crippen molar-refractivity contribution < 1.29 is 13.9 Å². The van der Waals surface area contributed by atoms with Gasteiger partial charge < -0.3 is 14.5 Å². The highest BCUT2D eigenvalue weighted by Gasteiger charge is 2.15. The molecule has 0 bridgehead atoms. The molecule has 0 fully saturated rings. The van der Waals surface area contributed by atoms with Crippen LogP contribution in [0.5, 0.6) is 5.75 Å². The van der Waals surface area contributed by atoms with E-state index >= 15 is 0 Å². The van der Waals surface area contributed by atoms with Crippen molar-refractivity contribution in [2.75, 3.05) is 0 Å². The SMILES string of the molecule is C[C@H](NC(=O)c1ccc(COc2cccc(Br)c2)o1)c1ccncc1. The Morgan fingerprint density at radius 2 is 2.04 bits per heavy atom. The number of aromatic nitrogens is 1. The zero-order valence-corrected chi connectivity index (χ0v) is 15.2. The Hall–Kier alpha value is -2.60. The van der Waals surface area contributed by atoms with Crippen molar-refractivity contribution in [2.24, 2.45) is 0 Å². The zero-order chi connectivity index (χ0) is 17.6. The molecule has 0 spiro atoms. The van der Waals surface area contributed by atoms with E-state index in [1.165, 1.54) is 0 Å². The number of nitrogens with one attached hydrogen (secondary N) is 1. The molecule has 2 aromatic heterocycles. The van der Waals surface area contributed by atoms with Crippen LogP contribution in [-0.4, -0.2) is 10.9 Å². The van der Waals surface area contributed by atoms with Gasteiger partial charge in [0.05, 0.1) is 6.04 Å². The summed E-state index contributed by atoms with van der Waals surface area (Å²) in [5.41, 5.74) is 0.980. The number of carbonyl (C=O) groups is 1. The molecule has 0 saturated carbocycles. The fourth-order valence-corrected chi connectivity index (χ4v) is 2.67. The maximum atomic E-state index is 12.3. The van der Waals surface area contributed by atoms with Crippen molar-refractivity contribution in [1.82, 2.24) is 10.3 Å². The van der Waals surface area contributed by atoms with Gasteiger partial charge in [-0.05, 0) is 55.0 Å². The van der Waals surface area contributed by atoms with E-state index < -0.39 is 0 Å². The number of ether oxygens (including phenoxy) is 1. The van der Waals surface area contributed by atoms with E-state index in [0.29, 0.717) is 5.76 Å². The van der Waals surface area contributed by atoms with Crippen LogP contribution < -0.4 is 10.1 Å². The Bertz CT molecular complexity index is 849. The summed E-state index contributed by atoms with van der Waals surface area (Å²) in [5.74, 6) is 1.30. The number of amides is 1. The number of halogens is 1. The summed E-state index contributed by atoms with van der Waals surface area (Å²) in [6.07, 6.45) is 3.39. The standard InChI is InChI=1S/C19H17BrN2O3/c1-13(14-7-9-21-10-8-14)22-19(23)18-6-5-17(25-18)12-24-16-4-2-3-15(20)11-16/h2-11,13H,12H2,1H3,(H,22,23)/t13-/m0/s1. The molecule has 0 aliphatic heterocycles. The van der Waals surface area contributed by atoms with Crippen LogP contribution in [0.1, 0.15) is 34.8 Å². The van der Waals surface area contributed by atoms with Gasteiger partial charge in [0, 0.05) is 16.9 Å². The van der Waals surface area contributed by atoms with Crippen LogP contribution in [0.15, 0.2) is 69.8 Å². The Morgan fingerprint density at radius 3 is 2.80 bits per heavy atom. The van der Waals surface area contributed by atoms with Crippen molar-refractivity contribution >= 4 is 21.8 Å². The Labute approximate surface area is 154 Å². The lowest BCUT2D eigenvalue weighted by Crippen LogP contribution is -2.26. The summed E-state index contributed by atoms with van der Waals surface area (Å²) in [7, 11) is 0. The highest BCUT2D eigenvalue weighted by atomic mass is 79.9. The van der Waals surface area contributed by atoms with E-state index in [0.717, 1.165) is 15.8 Å². The van der Waals surface area contributed by atoms with E-state index in [1.54, 1.807) is 24.5 Å². The topological polar surface area (TPSA) is 64.4 Å². The number of carbonyl (C=O) groups excluding carboxylic acids is 1. The molecule has 0 aliphatic rings. The third-order valence-electron chi connectivity index (χ3n) is 3.62. The van der Waals surface area contributed by atoms with Gasteiger partial charge in [-0.25, -0.2) is 0 Å². The molecule has 0 aliphatic carbocycles. The quantitative estimate of drug-likeness (QED) is 0.660. The molecule has 25 heavy (non-hydrogen) atoms. The van der Waals surface area contributed by atoms with Crippen LogP contribution in [0.2, 0.25) is 0 Å². The summed E-state index contributed by atoms with van der Waals surface area (Å²) in [6.45, 7) is 2.16. The molecule has 3 rings (SSSR count). The van der Waals surface area contributed by atoms with Crippen LogP contribution in [0.3, 0.4) is 0 Å². The van der Waals surface area contributed by atoms with Gasteiger partial charge in [-0.15, -0.1) is 0 Å². The number of hydrogen-bond donors (Lipinski definition) is 1. The van der Waals surface area contributed by atoms with Gasteiger partial charge in [0.25, 0.3) is 5.91 Å². The van der Waals surface area contributed by atoms with Crippen molar-refractivity contribution in [3.05, 3.63) is 82.5 Å². The first-order valence-electron chi connectivity index (χ1n) is 7.79. The van der Waals surface area contributed by atoms with Gasteiger partial charge >= 0.3 is 0 Å². The molecular formula is C19H17BrN2O3. The molecule has 1 atom stereocenters. The second-order valence-electron chi connectivity index (χ2n) is 5.49. The predicted octanol–water partition coefficient (Wildman–Crippen LogP) is 4.51.